The predicted octanol–water partition coefficient (Wildman–Crippen LogP) is 3.42. The summed E-state index contributed by atoms with van der Waals surface area (Å²) in [6.07, 6.45) is -0.624. The maximum atomic E-state index is 10.0. The molecule has 2 aromatic heterocycles. The summed E-state index contributed by atoms with van der Waals surface area (Å²) >= 11 is 6.66. The largest absolute Gasteiger partial charge is 0.491 e. The van der Waals surface area contributed by atoms with Crippen molar-refractivity contribution in [3.63, 3.8) is 0 Å². The first-order valence-corrected chi connectivity index (χ1v) is 12.6. The van der Waals surface area contributed by atoms with E-state index in [9.17, 15) is 5.11 Å². The molecule has 0 aliphatic carbocycles. The van der Waals surface area contributed by atoms with Crippen LogP contribution < -0.4 is 15.0 Å². The van der Waals surface area contributed by atoms with Crippen molar-refractivity contribution in [1.82, 2.24) is 20.4 Å². The summed E-state index contributed by atoms with van der Waals surface area (Å²) in [5.74, 6) is 3.70. The number of nitrogens with one attached hydrogen (secondary N) is 1. The highest BCUT2D eigenvalue weighted by atomic mass is 35.5. The molecule has 3 atom stereocenters. The minimum atomic E-state index is -0.624. The number of rotatable bonds is 8. The van der Waals surface area contributed by atoms with E-state index < -0.39 is 6.10 Å². The number of fused-ring (bicyclic) bond motifs is 1. The Morgan fingerprint density at radius 1 is 1.19 bits per heavy atom. The van der Waals surface area contributed by atoms with Crippen LogP contribution in [-0.4, -0.2) is 72.8 Å². The highest BCUT2D eigenvalue weighted by molar-refractivity contribution is 6.33. The van der Waals surface area contributed by atoms with Crippen LogP contribution in [-0.2, 0) is 4.74 Å². The molecule has 3 aromatic rings. The van der Waals surface area contributed by atoms with E-state index in [-0.39, 0.29) is 6.61 Å². The Kier molecular flexibility index (Phi) is 7.16. The molecular weight excluding hydrogens is 482 g/mol. The molecule has 4 heterocycles. The summed E-state index contributed by atoms with van der Waals surface area (Å²) in [4.78, 5) is 12.3. The van der Waals surface area contributed by atoms with Gasteiger partial charge in [-0.25, -0.2) is 9.97 Å². The van der Waals surface area contributed by atoms with Crippen LogP contribution in [0.15, 0.2) is 22.7 Å². The topological polar surface area (TPSA) is 106 Å². The number of hydrogen-bond acceptors (Lipinski definition) is 9. The number of aliphatic hydroxyl groups excluding tert-OH is 1. The predicted molar refractivity (Wildman–Crippen MR) is 138 cm³/mol. The van der Waals surface area contributed by atoms with Gasteiger partial charge in [-0.1, -0.05) is 16.8 Å². The van der Waals surface area contributed by atoms with E-state index in [0.29, 0.717) is 46.3 Å². The fraction of sp³-hybridized carbons (Fsp3) is 0.500. The lowest BCUT2D eigenvalue weighted by Crippen LogP contribution is -2.29. The number of aryl methyl sites for hydroxylation is 2. The number of anilines is 1. The molecular formula is C26H32ClN5O4. The Hall–Kier alpha value is -2.72. The van der Waals surface area contributed by atoms with E-state index >= 15 is 0 Å². The number of nitrogens with zero attached hydrogens (tertiary/aromatic N) is 4. The highest BCUT2D eigenvalue weighted by Gasteiger charge is 2.38. The molecule has 0 spiro atoms. The lowest BCUT2D eigenvalue weighted by atomic mass is 10.0. The van der Waals surface area contributed by atoms with E-state index in [4.69, 9.17) is 35.6 Å². The molecule has 2 N–H and O–H groups in total. The van der Waals surface area contributed by atoms with Crippen LogP contribution in [0.3, 0.4) is 0 Å². The normalized spacial score (nSPS) is 20.1. The first kappa shape index (κ1) is 25.0. The fourth-order valence-electron chi connectivity index (χ4n) is 5.11. The van der Waals surface area contributed by atoms with Gasteiger partial charge in [0.25, 0.3) is 0 Å². The van der Waals surface area contributed by atoms with Crippen molar-refractivity contribution in [3.8, 4) is 28.4 Å². The van der Waals surface area contributed by atoms with Crippen LogP contribution in [0.4, 0.5) is 5.82 Å². The number of likely N-dealkylation sites (N-methyl/N-ethyl adjacent to an activating group) is 1. The maximum Gasteiger partial charge on any atom is 0.163 e. The molecule has 0 amide bonds. The number of aromatic nitrogens is 3. The van der Waals surface area contributed by atoms with Crippen molar-refractivity contribution < 1.29 is 19.1 Å². The number of halogens is 1. The molecule has 1 unspecified atom stereocenters. The summed E-state index contributed by atoms with van der Waals surface area (Å²) in [7, 11) is 1.78. The van der Waals surface area contributed by atoms with Crippen molar-refractivity contribution in [1.29, 1.82) is 0 Å². The Labute approximate surface area is 215 Å². The summed E-state index contributed by atoms with van der Waals surface area (Å²) < 4.78 is 17.0. The standard InChI is InChI=1S/C26H32ClN5O4/c1-14-24(23-15(2)31-36-16(23)3)29-25(30-26(14)32-9-17-11-34-12-18(17)10-32)21-7-20(5-6-22(21)27)35-13-19(33)8-28-4/h5-7,17-19,28,33H,8-13H2,1-4H3/t17-,18?,19-/m1/s1. The van der Waals surface area contributed by atoms with Crippen molar-refractivity contribution in [2.24, 2.45) is 11.8 Å². The van der Waals surface area contributed by atoms with E-state index in [1.807, 2.05) is 19.9 Å². The van der Waals surface area contributed by atoms with Crippen molar-refractivity contribution in [2.75, 3.05) is 51.4 Å². The lowest BCUT2D eigenvalue weighted by Gasteiger charge is -2.23. The van der Waals surface area contributed by atoms with Crippen molar-refractivity contribution in [3.05, 3.63) is 40.2 Å². The average molecular weight is 514 g/mol. The zero-order chi connectivity index (χ0) is 25.4. The molecule has 0 saturated carbocycles. The Morgan fingerprint density at radius 3 is 2.61 bits per heavy atom. The van der Waals surface area contributed by atoms with Crippen LogP contribution in [0, 0.1) is 32.6 Å². The lowest BCUT2D eigenvalue weighted by molar-refractivity contribution is 0.108. The third-order valence-corrected chi connectivity index (χ3v) is 7.32. The van der Waals surface area contributed by atoms with Gasteiger partial charge in [0.2, 0.25) is 0 Å². The van der Waals surface area contributed by atoms with Crippen LogP contribution in [0.5, 0.6) is 5.75 Å². The number of ether oxygens (including phenoxy) is 2. The minimum Gasteiger partial charge on any atom is -0.491 e. The van der Waals surface area contributed by atoms with Gasteiger partial charge in [-0.15, -0.1) is 0 Å². The van der Waals surface area contributed by atoms with Gasteiger partial charge >= 0.3 is 0 Å². The van der Waals surface area contributed by atoms with Gasteiger partial charge in [0.05, 0.1) is 35.2 Å². The number of benzene rings is 1. The minimum absolute atomic E-state index is 0.158. The molecule has 2 fully saturated rings. The van der Waals surface area contributed by atoms with Crippen molar-refractivity contribution >= 4 is 17.4 Å². The first-order valence-electron chi connectivity index (χ1n) is 12.3. The van der Waals surface area contributed by atoms with Gasteiger partial charge < -0.3 is 29.3 Å². The molecule has 2 aliphatic heterocycles. The van der Waals surface area contributed by atoms with Crippen LogP contribution in [0.25, 0.3) is 22.6 Å². The second-order valence-electron chi connectivity index (χ2n) is 9.67. The zero-order valence-electron chi connectivity index (χ0n) is 21.0. The Balaban J connectivity index is 1.57. The molecule has 0 radical (unpaired) electrons. The molecule has 10 heteroatoms. The van der Waals surface area contributed by atoms with E-state index in [2.05, 4.69) is 22.3 Å². The third kappa shape index (κ3) is 4.80. The van der Waals surface area contributed by atoms with Crippen molar-refractivity contribution in [2.45, 2.75) is 26.9 Å². The van der Waals surface area contributed by atoms with E-state index in [1.165, 1.54) is 0 Å². The summed E-state index contributed by atoms with van der Waals surface area (Å²) in [6, 6.07) is 5.38. The molecule has 1 aromatic carbocycles. The Morgan fingerprint density at radius 2 is 1.94 bits per heavy atom. The number of hydrogen-bond donors (Lipinski definition) is 2. The summed E-state index contributed by atoms with van der Waals surface area (Å²) in [6.45, 7) is 9.83. The zero-order valence-corrected chi connectivity index (χ0v) is 21.8. The molecule has 36 heavy (non-hydrogen) atoms. The quantitative estimate of drug-likeness (QED) is 0.468. The van der Waals surface area contributed by atoms with Gasteiger partial charge in [0.1, 0.15) is 30.0 Å². The van der Waals surface area contributed by atoms with Crippen LogP contribution in [0.2, 0.25) is 5.02 Å². The molecule has 2 aliphatic rings. The average Bonchev–Trinajstić information content (AvgIpc) is 3.55. The second kappa shape index (κ2) is 10.3. The number of aliphatic hydroxyl groups is 1. The third-order valence-electron chi connectivity index (χ3n) is 6.99. The smallest absolute Gasteiger partial charge is 0.163 e. The molecule has 2 saturated heterocycles. The van der Waals surface area contributed by atoms with Gasteiger partial charge in [-0.3, -0.25) is 0 Å². The van der Waals surface area contributed by atoms with Gasteiger partial charge in [0, 0.05) is 42.6 Å². The molecule has 192 valence electrons. The second-order valence-corrected chi connectivity index (χ2v) is 10.1. The van der Waals surface area contributed by atoms with Gasteiger partial charge in [0.15, 0.2) is 5.82 Å². The Bertz CT molecular complexity index is 1220. The SMILES string of the molecule is CNC[C@@H](O)COc1ccc(Cl)c(-c2nc(-c3c(C)noc3C)c(C)c(N3CC4COC[C@H]4C3)n2)c1. The van der Waals surface area contributed by atoms with Crippen LogP contribution >= 0.6 is 11.6 Å². The molecule has 0 bridgehead atoms. The van der Waals surface area contributed by atoms with Crippen LogP contribution in [0.1, 0.15) is 17.0 Å². The maximum absolute atomic E-state index is 10.0. The molecule has 5 rings (SSSR count). The monoisotopic (exact) mass is 513 g/mol. The fourth-order valence-corrected chi connectivity index (χ4v) is 5.31. The first-order chi connectivity index (χ1) is 17.4. The molecule has 9 nitrogen and oxygen atoms in total. The van der Waals surface area contributed by atoms with E-state index in [0.717, 1.165) is 54.6 Å². The van der Waals surface area contributed by atoms with E-state index in [1.54, 1.807) is 19.2 Å². The van der Waals surface area contributed by atoms with Gasteiger partial charge in [-0.05, 0) is 46.0 Å². The summed E-state index contributed by atoms with van der Waals surface area (Å²) in [5, 5.41) is 17.6. The van der Waals surface area contributed by atoms with Gasteiger partial charge in [-0.2, -0.15) is 0 Å². The summed E-state index contributed by atoms with van der Waals surface area (Å²) in [5.41, 5.74) is 4.08. The highest BCUT2D eigenvalue weighted by Crippen LogP contribution is 2.39.